The van der Waals surface area contributed by atoms with Gasteiger partial charge >= 0.3 is 13.7 Å². The fourth-order valence-corrected chi connectivity index (χ4v) is 5.71. The number of esters is 1. The van der Waals surface area contributed by atoms with Crippen molar-refractivity contribution in [2.24, 2.45) is 0 Å². The van der Waals surface area contributed by atoms with Gasteiger partial charge in [0, 0.05) is 13.1 Å². The van der Waals surface area contributed by atoms with Crippen molar-refractivity contribution >= 4 is 30.7 Å². The highest BCUT2D eigenvalue weighted by Crippen LogP contribution is 2.48. The lowest BCUT2D eigenvalue weighted by atomic mass is 9.98. The Morgan fingerprint density at radius 3 is 2.74 bits per heavy atom. The van der Waals surface area contributed by atoms with Gasteiger partial charge in [0.25, 0.3) is 0 Å². The molecule has 4 heterocycles. The number of aliphatic hydroxyl groups excluding tert-OH is 1. The highest BCUT2D eigenvalue weighted by molar-refractivity contribution is 7.52. The van der Waals surface area contributed by atoms with Crippen LogP contribution in [0.2, 0.25) is 0 Å². The predicted octanol–water partition coefficient (Wildman–Crippen LogP) is 1.99. The maximum Gasteiger partial charge on any atom is 0.459 e. The van der Waals surface area contributed by atoms with E-state index in [-0.39, 0.29) is 5.75 Å². The SMILES string of the molecule is COC(=O)[C@H](C)NP(=O)(OC[C@H]1O[C@@H](n2cnc3c(N4CC4)ncnc32)C(C)(F)[C@@H]1O)Oc1ccccc1. The van der Waals surface area contributed by atoms with Crippen LogP contribution in [0.3, 0.4) is 0 Å². The van der Waals surface area contributed by atoms with Gasteiger partial charge in [-0.15, -0.1) is 0 Å². The van der Waals surface area contributed by atoms with Gasteiger partial charge in [-0.05, 0) is 26.0 Å². The molecule has 2 saturated heterocycles. The van der Waals surface area contributed by atoms with Gasteiger partial charge < -0.3 is 24.0 Å². The van der Waals surface area contributed by atoms with E-state index in [1.807, 2.05) is 4.90 Å². The molecule has 2 fully saturated rings. The van der Waals surface area contributed by atoms with E-state index in [9.17, 15) is 14.5 Å². The Morgan fingerprint density at radius 1 is 1.32 bits per heavy atom. The fraction of sp³-hybridized carbons (Fsp3) is 0.478. The first-order valence-electron chi connectivity index (χ1n) is 11.9. The number of alkyl halides is 1. The van der Waals surface area contributed by atoms with Gasteiger partial charge in [-0.25, -0.2) is 23.9 Å². The average molecular weight is 550 g/mol. The molecule has 0 bridgehead atoms. The summed E-state index contributed by atoms with van der Waals surface area (Å²) in [4.78, 5) is 26.8. The van der Waals surface area contributed by atoms with Crippen LogP contribution in [0.1, 0.15) is 20.1 Å². The second-order valence-corrected chi connectivity index (χ2v) is 10.9. The average Bonchev–Trinajstić information content (AvgIpc) is 3.62. The van der Waals surface area contributed by atoms with Crippen LogP contribution >= 0.6 is 7.75 Å². The van der Waals surface area contributed by atoms with Crippen LogP contribution in [0.5, 0.6) is 5.75 Å². The zero-order valence-electron chi connectivity index (χ0n) is 20.9. The molecule has 2 aliphatic heterocycles. The number of hydrogen-bond donors (Lipinski definition) is 2. The van der Waals surface area contributed by atoms with Gasteiger partial charge in [0.1, 0.15) is 30.3 Å². The summed E-state index contributed by atoms with van der Waals surface area (Å²) in [6.07, 6.45) is -1.48. The van der Waals surface area contributed by atoms with E-state index in [2.05, 4.69) is 24.8 Å². The number of rotatable bonds is 10. The number of para-hydroxylation sites is 1. The van der Waals surface area contributed by atoms with E-state index in [1.165, 1.54) is 38.2 Å². The number of methoxy groups -OCH3 is 1. The lowest BCUT2D eigenvalue weighted by Gasteiger charge is -2.25. The summed E-state index contributed by atoms with van der Waals surface area (Å²) in [6, 6.07) is 7.11. The minimum atomic E-state index is -4.22. The number of ether oxygens (including phenoxy) is 2. The number of aromatic nitrogens is 4. The highest BCUT2D eigenvalue weighted by atomic mass is 31.2. The third-order valence-corrected chi connectivity index (χ3v) is 7.98. The summed E-state index contributed by atoms with van der Waals surface area (Å²) >= 11 is 0. The van der Waals surface area contributed by atoms with E-state index in [0.717, 1.165) is 13.1 Å². The third kappa shape index (κ3) is 5.09. The van der Waals surface area contributed by atoms with Crippen LogP contribution in [-0.4, -0.2) is 81.3 Å². The van der Waals surface area contributed by atoms with Crippen molar-refractivity contribution in [3.8, 4) is 5.75 Å². The van der Waals surface area contributed by atoms with Gasteiger partial charge in [0.15, 0.2) is 28.9 Å². The van der Waals surface area contributed by atoms with Crippen molar-refractivity contribution in [1.82, 2.24) is 24.6 Å². The van der Waals surface area contributed by atoms with Crippen LogP contribution < -0.4 is 14.5 Å². The number of benzene rings is 1. The Bertz CT molecular complexity index is 1350. The van der Waals surface area contributed by atoms with Gasteiger partial charge in [-0.2, -0.15) is 5.09 Å². The highest BCUT2D eigenvalue weighted by Gasteiger charge is 2.56. The van der Waals surface area contributed by atoms with E-state index < -0.39 is 50.5 Å². The van der Waals surface area contributed by atoms with E-state index >= 15 is 4.39 Å². The van der Waals surface area contributed by atoms with Crippen LogP contribution in [0.4, 0.5) is 10.2 Å². The molecule has 2 unspecified atom stereocenters. The zero-order valence-corrected chi connectivity index (χ0v) is 21.8. The summed E-state index contributed by atoms with van der Waals surface area (Å²) in [5, 5.41) is 13.3. The maximum absolute atomic E-state index is 15.9. The molecule has 2 aliphatic rings. The normalized spacial score (nSPS) is 27.2. The number of nitrogens with zero attached hydrogens (tertiary/aromatic N) is 5. The smallest absolute Gasteiger partial charge is 0.459 e. The van der Waals surface area contributed by atoms with Crippen molar-refractivity contribution in [3.05, 3.63) is 43.0 Å². The molecular weight excluding hydrogens is 522 g/mol. The van der Waals surface area contributed by atoms with Gasteiger partial charge in [0.2, 0.25) is 0 Å². The Hall–Kier alpha value is -3.16. The molecule has 13 nitrogen and oxygen atoms in total. The predicted molar refractivity (Wildman–Crippen MR) is 132 cm³/mol. The second kappa shape index (κ2) is 10.2. The minimum absolute atomic E-state index is 0.202. The Labute approximate surface area is 217 Å². The number of anilines is 1. The molecule has 0 spiro atoms. The van der Waals surface area contributed by atoms with Crippen LogP contribution in [-0.2, 0) is 23.4 Å². The standard InChI is InChI=1S/C23H28FN6O7P/c1-14(21(32)34-3)28-38(33,37-15-7-5-4-6-8-15)35-11-16-18(31)23(2,24)22(36-16)30-13-27-17-19(29-9-10-29)25-12-26-20(17)30/h4-8,12-14,16,18,22,31H,9-11H2,1-3H3,(H,28,33)/t14-,16+,18+,22+,23?,38?/m0/s1. The first kappa shape index (κ1) is 26.4. The minimum Gasteiger partial charge on any atom is -0.468 e. The first-order valence-corrected chi connectivity index (χ1v) is 13.5. The van der Waals surface area contributed by atoms with E-state index in [4.69, 9.17) is 13.8 Å². The van der Waals surface area contributed by atoms with Crippen LogP contribution in [0.25, 0.3) is 11.2 Å². The number of carbonyl (C=O) groups excluding carboxylic acids is 1. The largest absolute Gasteiger partial charge is 0.468 e. The fourth-order valence-electron chi connectivity index (χ4n) is 4.20. The summed E-state index contributed by atoms with van der Waals surface area (Å²) in [7, 11) is -3.04. The molecule has 0 radical (unpaired) electrons. The Morgan fingerprint density at radius 2 is 2.05 bits per heavy atom. The quantitative estimate of drug-likeness (QED) is 0.216. The number of aliphatic hydroxyl groups is 1. The van der Waals surface area contributed by atoms with E-state index in [0.29, 0.717) is 17.0 Å². The molecule has 5 rings (SSSR count). The van der Waals surface area contributed by atoms with Crippen molar-refractivity contribution < 1.29 is 37.4 Å². The third-order valence-electron chi connectivity index (χ3n) is 6.34. The molecule has 2 aromatic heterocycles. The molecule has 0 saturated carbocycles. The molecule has 38 heavy (non-hydrogen) atoms. The lowest BCUT2D eigenvalue weighted by molar-refractivity contribution is -0.142. The second-order valence-electron chi connectivity index (χ2n) is 9.20. The molecule has 3 aromatic rings. The topological polar surface area (TPSA) is 150 Å². The van der Waals surface area contributed by atoms with Crippen LogP contribution in [0, 0.1) is 0 Å². The summed E-state index contributed by atoms with van der Waals surface area (Å²) in [5.41, 5.74) is -1.46. The number of halogens is 1. The van der Waals surface area contributed by atoms with Crippen molar-refractivity contribution in [2.75, 3.05) is 31.7 Å². The number of imidazole rings is 1. The monoisotopic (exact) mass is 550 g/mol. The number of carbonyl (C=O) groups is 1. The first-order chi connectivity index (χ1) is 18.1. The summed E-state index contributed by atoms with van der Waals surface area (Å²) < 4.78 is 52.6. The molecule has 6 atom stereocenters. The zero-order chi connectivity index (χ0) is 27.1. The molecule has 1 aromatic carbocycles. The Kier molecular flexibility index (Phi) is 7.09. The Balaban J connectivity index is 1.36. The lowest BCUT2D eigenvalue weighted by Crippen LogP contribution is -2.41. The number of hydrogen-bond acceptors (Lipinski definition) is 11. The van der Waals surface area contributed by atoms with Gasteiger partial charge in [0.05, 0.1) is 20.0 Å². The number of nitrogens with one attached hydrogen (secondary N) is 1. The molecule has 2 N–H and O–H groups in total. The van der Waals surface area contributed by atoms with Crippen molar-refractivity contribution in [1.29, 1.82) is 0 Å². The van der Waals surface area contributed by atoms with Gasteiger partial charge in [-0.3, -0.25) is 13.9 Å². The summed E-state index contributed by atoms with van der Waals surface area (Å²) in [5.74, 6) is 0.140. The molecular formula is C23H28FN6O7P. The number of fused-ring (bicyclic) bond motifs is 1. The van der Waals surface area contributed by atoms with Crippen molar-refractivity contribution in [3.63, 3.8) is 0 Å². The van der Waals surface area contributed by atoms with Crippen LogP contribution in [0.15, 0.2) is 43.0 Å². The summed E-state index contributed by atoms with van der Waals surface area (Å²) in [6.45, 7) is 3.77. The molecule has 204 valence electrons. The molecule has 0 amide bonds. The van der Waals surface area contributed by atoms with Crippen molar-refractivity contribution in [2.45, 2.75) is 44.0 Å². The molecule has 0 aliphatic carbocycles. The van der Waals surface area contributed by atoms with Gasteiger partial charge in [-0.1, -0.05) is 18.2 Å². The van der Waals surface area contributed by atoms with E-state index in [1.54, 1.807) is 30.3 Å². The molecule has 15 heteroatoms. The maximum atomic E-state index is 15.9.